The first-order valence-corrected chi connectivity index (χ1v) is 3.29. The molecular weight excluding hydrogens is 150 g/mol. The van der Waals surface area contributed by atoms with Gasteiger partial charge in [0.15, 0.2) is 0 Å². The quantitative estimate of drug-likeness (QED) is 0.405. The smallest absolute Gasteiger partial charge is 0.320 e. The van der Waals surface area contributed by atoms with E-state index in [0.717, 1.165) is 0 Å². The van der Waals surface area contributed by atoms with Crippen LogP contribution < -0.4 is 5.73 Å². The van der Waals surface area contributed by atoms with E-state index in [1.165, 1.54) is 6.92 Å². The van der Waals surface area contributed by atoms with E-state index in [-0.39, 0.29) is 6.42 Å². The second-order valence-corrected chi connectivity index (χ2v) is 2.49. The highest BCUT2D eigenvalue weighted by molar-refractivity contribution is 5.73. The third-order valence-electron chi connectivity index (χ3n) is 1.37. The van der Waals surface area contributed by atoms with Crippen molar-refractivity contribution in [1.29, 1.82) is 0 Å². The minimum atomic E-state index is -1.18. The van der Waals surface area contributed by atoms with Crippen LogP contribution >= 0.6 is 0 Å². The fourth-order valence-electron chi connectivity index (χ4n) is 0.558. The van der Waals surface area contributed by atoms with Crippen LogP contribution in [0.1, 0.15) is 13.3 Å². The maximum absolute atomic E-state index is 10.1. The van der Waals surface area contributed by atoms with Gasteiger partial charge < -0.3 is 21.1 Å². The van der Waals surface area contributed by atoms with Crippen LogP contribution in [0.4, 0.5) is 0 Å². The average molecular weight is 163 g/mol. The van der Waals surface area contributed by atoms with Crippen LogP contribution in [-0.4, -0.2) is 39.5 Å². The van der Waals surface area contributed by atoms with Crippen LogP contribution in [0.25, 0.3) is 0 Å². The first-order chi connectivity index (χ1) is 4.95. The lowest BCUT2D eigenvalue weighted by Gasteiger charge is -2.15. The van der Waals surface area contributed by atoms with Crippen LogP contribution in [0.5, 0.6) is 0 Å². The van der Waals surface area contributed by atoms with Gasteiger partial charge in [-0.1, -0.05) is 0 Å². The molecule has 3 atom stereocenters. The molecule has 0 spiro atoms. The molecule has 5 N–H and O–H groups in total. The maximum Gasteiger partial charge on any atom is 0.320 e. The SMILES string of the molecule is CC(O)C(O)CC(N)C(=O)O. The molecule has 0 saturated carbocycles. The largest absolute Gasteiger partial charge is 0.480 e. The van der Waals surface area contributed by atoms with E-state index < -0.39 is 24.2 Å². The van der Waals surface area contributed by atoms with Gasteiger partial charge in [0, 0.05) is 6.42 Å². The predicted molar refractivity (Wildman–Crippen MR) is 37.9 cm³/mol. The molecule has 3 unspecified atom stereocenters. The Labute approximate surface area is 64.4 Å². The summed E-state index contributed by atoms with van der Waals surface area (Å²) >= 11 is 0. The Morgan fingerprint density at radius 3 is 2.27 bits per heavy atom. The van der Waals surface area contributed by atoms with Gasteiger partial charge in [-0.15, -0.1) is 0 Å². The van der Waals surface area contributed by atoms with Gasteiger partial charge in [-0.2, -0.15) is 0 Å². The van der Waals surface area contributed by atoms with Crippen LogP contribution in [0.2, 0.25) is 0 Å². The maximum atomic E-state index is 10.1. The number of aliphatic carboxylic acids is 1. The van der Waals surface area contributed by atoms with Crippen LogP contribution in [-0.2, 0) is 4.79 Å². The van der Waals surface area contributed by atoms with Gasteiger partial charge in [0.2, 0.25) is 0 Å². The van der Waals surface area contributed by atoms with Crippen LogP contribution in [0, 0.1) is 0 Å². The molecule has 0 aromatic heterocycles. The summed E-state index contributed by atoms with van der Waals surface area (Å²) in [5.74, 6) is -1.18. The second-order valence-electron chi connectivity index (χ2n) is 2.49. The lowest BCUT2D eigenvalue weighted by molar-refractivity contribution is -0.139. The van der Waals surface area contributed by atoms with Gasteiger partial charge in [0.25, 0.3) is 0 Å². The molecule has 0 aromatic carbocycles. The van der Waals surface area contributed by atoms with Gasteiger partial charge in [-0.05, 0) is 6.92 Å². The van der Waals surface area contributed by atoms with Crippen molar-refractivity contribution < 1.29 is 20.1 Å². The molecule has 0 aliphatic rings. The number of aliphatic hydroxyl groups excluding tert-OH is 2. The Hall–Kier alpha value is -0.650. The highest BCUT2D eigenvalue weighted by Gasteiger charge is 2.19. The van der Waals surface area contributed by atoms with Crippen molar-refractivity contribution in [3.63, 3.8) is 0 Å². The summed E-state index contributed by atoms with van der Waals surface area (Å²) < 4.78 is 0. The van der Waals surface area contributed by atoms with E-state index in [9.17, 15) is 4.79 Å². The molecular formula is C6H13NO4. The summed E-state index contributed by atoms with van der Waals surface area (Å²) in [4.78, 5) is 10.1. The highest BCUT2D eigenvalue weighted by Crippen LogP contribution is 2.00. The Bertz CT molecular complexity index is 137. The van der Waals surface area contributed by atoms with Crippen molar-refractivity contribution in [2.75, 3.05) is 0 Å². The summed E-state index contributed by atoms with van der Waals surface area (Å²) in [6.07, 6.45) is -2.14. The summed E-state index contributed by atoms with van der Waals surface area (Å²) in [5.41, 5.74) is 5.08. The molecule has 0 saturated heterocycles. The molecule has 0 rings (SSSR count). The van der Waals surface area contributed by atoms with Crippen molar-refractivity contribution in [2.24, 2.45) is 5.73 Å². The van der Waals surface area contributed by atoms with E-state index in [1.54, 1.807) is 0 Å². The Morgan fingerprint density at radius 2 is 2.00 bits per heavy atom. The van der Waals surface area contributed by atoms with Crippen LogP contribution in [0.15, 0.2) is 0 Å². The Balaban J connectivity index is 3.75. The molecule has 0 aliphatic heterocycles. The fraction of sp³-hybridized carbons (Fsp3) is 0.833. The molecule has 5 nitrogen and oxygen atoms in total. The van der Waals surface area contributed by atoms with E-state index in [4.69, 9.17) is 21.1 Å². The highest BCUT2D eigenvalue weighted by atomic mass is 16.4. The standard InChI is InChI=1S/C6H13NO4/c1-3(8)5(9)2-4(7)6(10)11/h3-5,8-9H,2,7H2,1H3,(H,10,11). The molecule has 0 radical (unpaired) electrons. The fourth-order valence-corrected chi connectivity index (χ4v) is 0.558. The Morgan fingerprint density at radius 1 is 1.55 bits per heavy atom. The first-order valence-electron chi connectivity index (χ1n) is 3.29. The van der Waals surface area contributed by atoms with Gasteiger partial charge >= 0.3 is 5.97 Å². The number of nitrogens with two attached hydrogens (primary N) is 1. The summed E-state index contributed by atoms with van der Waals surface area (Å²) in [6.45, 7) is 1.37. The second kappa shape index (κ2) is 4.27. The molecule has 0 fully saturated rings. The summed E-state index contributed by atoms with van der Waals surface area (Å²) in [6, 6.07) is -1.11. The zero-order valence-corrected chi connectivity index (χ0v) is 6.27. The van der Waals surface area contributed by atoms with Crippen molar-refractivity contribution in [3.8, 4) is 0 Å². The van der Waals surface area contributed by atoms with Crippen LogP contribution in [0.3, 0.4) is 0 Å². The first kappa shape index (κ1) is 10.3. The van der Waals surface area contributed by atoms with Crippen molar-refractivity contribution >= 4 is 5.97 Å². The molecule has 66 valence electrons. The van der Waals surface area contributed by atoms with E-state index in [1.807, 2.05) is 0 Å². The molecule has 0 bridgehead atoms. The normalized spacial score (nSPS) is 18.9. The van der Waals surface area contributed by atoms with E-state index in [2.05, 4.69) is 0 Å². The van der Waals surface area contributed by atoms with Crippen molar-refractivity contribution in [3.05, 3.63) is 0 Å². The predicted octanol–water partition coefficient (Wildman–Crippen LogP) is -1.47. The average Bonchev–Trinajstić information content (AvgIpc) is 1.87. The number of carboxylic acid groups (broad SMARTS) is 1. The summed E-state index contributed by atoms with van der Waals surface area (Å²) in [5, 5.41) is 26.0. The number of aliphatic hydroxyl groups is 2. The van der Waals surface area contributed by atoms with Crippen molar-refractivity contribution in [2.45, 2.75) is 31.6 Å². The number of carboxylic acids is 1. The minimum Gasteiger partial charge on any atom is -0.480 e. The third-order valence-corrected chi connectivity index (χ3v) is 1.37. The van der Waals surface area contributed by atoms with Gasteiger partial charge in [0.1, 0.15) is 6.04 Å². The minimum absolute atomic E-state index is 0.132. The van der Waals surface area contributed by atoms with E-state index in [0.29, 0.717) is 0 Å². The Kier molecular flexibility index (Phi) is 4.02. The summed E-state index contributed by atoms with van der Waals surface area (Å²) in [7, 11) is 0. The molecule has 0 aliphatic carbocycles. The van der Waals surface area contributed by atoms with Gasteiger partial charge in [0.05, 0.1) is 12.2 Å². The monoisotopic (exact) mass is 163 g/mol. The molecule has 11 heavy (non-hydrogen) atoms. The molecule has 0 aromatic rings. The zero-order valence-electron chi connectivity index (χ0n) is 6.27. The van der Waals surface area contributed by atoms with E-state index >= 15 is 0 Å². The third kappa shape index (κ3) is 3.92. The van der Waals surface area contributed by atoms with Gasteiger partial charge in [-0.3, -0.25) is 4.79 Å². The number of hydrogen-bond donors (Lipinski definition) is 4. The molecule has 0 amide bonds. The lowest BCUT2D eigenvalue weighted by atomic mass is 10.1. The van der Waals surface area contributed by atoms with Gasteiger partial charge in [-0.25, -0.2) is 0 Å². The molecule has 5 heteroatoms. The number of hydrogen-bond acceptors (Lipinski definition) is 4. The molecule has 0 heterocycles. The number of carbonyl (C=O) groups is 1. The lowest BCUT2D eigenvalue weighted by Crippen LogP contribution is -2.37. The van der Waals surface area contributed by atoms with Crippen molar-refractivity contribution in [1.82, 2.24) is 0 Å². The zero-order chi connectivity index (χ0) is 9.02. The number of rotatable bonds is 4. The topological polar surface area (TPSA) is 104 Å².